The zero-order valence-corrected chi connectivity index (χ0v) is 14.4. The molecule has 1 aromatic carbocycles. The predicted molar refractivity (Wildman–Crippen MR) is 90.0 cm³/mol. The number of aromatic nitrogens is 2. The van der Waals surface area contributed by atoms with Crippen molar-refractivity contribution < 1.29 is 4.92 Å². The van der Waals surface area contributed by atoms with Crippen LogP contribution >= 0.6 is 15.9 Å². The van der Waals surface area contributed by atoms with Gasteiger partial charge >= 0.3 is 5.82 Å². The van der Waals surface area contributed by atoms with E-state index in [0.29, 0.717) is 11.1 Å². The second-order valence-electron chi connectivity index (χ2n) is 5.74. The number of hydrogen-bond donors (Lipinski definition) is 0. The van der Waals surface area contributed by atoms with E-state index in [1.807, 2.05) is 18.2 Å². The van der Waals surface area contributed by atoms with Crippen LogP contribution in [0.2, 0.25) is 0 Å². The summed E-state index contributed by atoms with van der Waals surface area (Å²) in [6.45, 7) is 3.31. The lowest BCUT2D eigenvalue weighted by atomic mass is 10.0. The second kappa shape index (κ2) is 6.77. The van der Waals surface area contributed by atoms with E-state index >= 15 is 0 Å². The maximum atomic E-state index is 10.9. The molecular formula is C15H18BrN5O2. The molecule has 0 bridgehead atoms. The van der Waals surface area contributed by atoms with Crippen molar-refractivity contribution in [3.8, 4) is 0 Å². The van der Waals surface area contributed by atoms with Gasteiger partial charge in [0.05, 0.1) is 11.3 Å². The third-order valence-electron chi connectivity index (χ3n) is 4.08. The summed E-state index contributed by atoms with van der Waals surface area (Å²) in [6.07, 6.45) is 1.67. The molecule has 2 aromatic rings. The van der Waals surface area contributed by atoms with E-state index in [1.165, 1.54) is 5.56 Å². The van der Waals surface area contributed by atoms with Gasteiger partial charge in [0.2, 0.25) is 0 Å². The smallest absolute Gasteiger partial charge is 0.358 e. The summed E-state index contributed by atoms with van der Waals surface area (Å²) in [5.41, 5.74) is 1.25. The number of likely N-dealkylation sites (N-methyl/N-ethyl adjacent to an activating group) is 1. The number of rotatable bonds is 4. The zero-order chi connectivity index (χ0) is 16.4. The van der Waals surface area contributed by atoms with Crippen LogP contribution in [0.5, 0.6) is 0 Å². The van der Waals surface area contributed by atoms with E-state index in [4.69, 9.17) is 0 Å². The summed E-state index contributed by atoms with van der Waals surface area (Å²) in [7, 11) is 2.11. The van der Waals surface area contributed by atoms with Crippen molar-refractivity contribution in [2.75, 3.05) is 26.7 Å². The van der Waals surface area contributed by atoms with E-state index in [9.17, 15) is 10.1 Å². The largest absolute Gasteiger partial charge is 0.404 e. The summed E-state index contributed by atoms with van der Waals surface area (Å²) >= 11 is 3.20. The van der Waals surface area contributed by atoms with E-state index < -0.39 is 4.92 Å². The zero-order valence-electron chi connectivity index (χ0n) is 12.8. The Morgan fingerprint density at radius 3 is 2.74 bits per heavy atom. The highest BCUT2D eigenvalue weighted by Gasteiger charge is 2.28. The molecule has 1 unspecified atom stereocenters. The first kappa shape index (κ1) is 16.1. The van der Waals surface area contributed by atoms with E-state index in [0.717, 1.165) is 19.6 Å². The minimum Gasteiger partial charge on any atom is -0.358 e. The molecule has 0 amide bonds. The molecule has 1 atom stereocenters. The van der Waals surface area contributed by atoms with Crippen LogP contribution in [0.1, 0.15) is 11.6 Å². The molecule has 122 valence electrons. The van der Waals surface area contributed by atoms with Crippen molar-refractivity contribution in [2.24, 2.45) is 0 Å². The predicted octanol–water partition coefficient (Wildman–Crippen LogP) is 2.50. The average molecular weight is 380 g/mol. The van der Waals surface area contributed by atoms with Crippen LogP contribution in [0.25, 0.3) is 0 Å². The standard InChI is InChI=1S/C15H18BrN5O2/c1-18-7-8-19(14(10-18)12-5-3-2-4-6-12)11-20-9-13(16)15(17-20)21(22)23/h2-6,9,14H,7-8,10-11H2,1H3. The fraction of sp³-hybridized carbons (Fsp3) is 0.400. The number of nitro groups is 1. The van der Waals surface area contributed by atoms with Gasteiger partial charge in [0.15, 0.2) is 0 Å². The number of benzene rings is 1. The molecular weight excluding hydrogens is 362 g/mol. The fourth-order valence-corrected chi connectivity index (χ4v) is 3.35. The highest BCUT2D eigenvalue weighted by atomic mass is 79.9. The lowest BCUT2D eigenvalue weighted by Crippen LogP contribution is -2.47. The molecule has 1 aromatic heterocycles. The summed E-state index contributed by atoms with van der Waals surface area (Å²) in [5.74, 6) is -0.143. The molecule has 0 N–H and O–H groups in total. The Morgan fingerprint density at radius 2 is 2.09 bits per heavy atom. The van der Waals surface area contributed by atoms with Crippen molar-refractivity contribution in [3.05, 3.63) is 56.7 Å². The van der Waals surface area contributed by atoms with Crippen LogP contribution in [-0.4, -0.2) is 51.2 Å². The van der Waals surface area contributed by atoms with Crippen molar-refractivity contribution in [3.63, 3.8) is 0 Å². The Bertz CT molecular complexity index is 690. The molecule has 0 aliphatic carbocycles. The lowest BCUT2D eigenvalue weighted by Gasteiger charge is -2.39. The molecule has 2 heterocycles. The first-order chi connectivity index (χ1) is 11.0. The maximum Gasteiger partial charge on any atom is 0.404 e. The third-order valence-corrected chi connectivity index (χ3v) is 4.64. The molecule has 0 saturated carbocycles. The number of halogens is 1. The molecule has 1 aliphatic heterocycles. The van der Waals surface area contributed by atoms with E-state index in [-0.39, 0.29) is 11.9 Å². The minimum absolute atomic E-state index is 0.143. The summed E-state index contributed by atoms with van der Waals surface area (Å²) in [5, 5.41) is 15.0. The molecule has 7 nitrogen and oxygen atoms in total. The van der Waals surface area contributed by atoms with Gasteiger partial charge in [-0.1, -0.05) is 30.3 Å². The van der Waals surface area contributed by atoms with Crippen LogP contribution in [0.15, 0.2) is 41.0 Å². The quantitative estimate of drug-likeness (QED) is 0.602. The van der Waals surface area contributed by atoms with Gasteiger partial charge in [0, 0.05) is 25.7 Å². The van der Waals surface area contributed by atoms with Gasteiger partial charge in [-0.3, -0.25) is 4.90 Å². The van der Waals surface area contributed by atoms with Gasteiger partial charge < -0.3 is 15.0 Å². The minimum atomic E-state index is -0.473. The van der Waals surface area contributed by atoms with Crippen LogP contribution < -0.4 is 0 Å². The van der Waals surface area contributed by atoms with Gasteiger partial charge in [0.25, 0.3) is 0 Å². The first-order valence-corrected chi connectivity index (χ1v) is 8.19. The van der Waals surface area contributed by atoms with Crippen molar-refractivity contribution in [1.29, 1.82) is 0 Å². The Hall–Kier alpha value is -1.77. The molecule has 1 saturated heterocycles. The van der Waals surface area contributed by atoms with Gasteiger partial charge in [0.1, 0.15) is 11.1 Å². The number of piperazine rings is 1. The normalized spacial score (nSPS) is 19.8. The molecule has 1 aliphatic rings. The summed E-state index contributed by atoms with van der Waals surface area (Å²) < 4.78 is 2.04. The van der Waals surface area contributed by atoms with E-state index in [2.05, 4.69) is 50.0 Å². The Balaban J connectivity index is 1.82. The average Bonchev–Trinajstić information content (AvgIpc) is 2.91. The Morgan fingerprint density at radius 1 is 1.35 bits per heavy atom. The van der Waals surface area contributed by atoms with Crippen LogP contribution in [0.3, 0.4) is 0 Å². The SMILES string of the molecule is CN1CCN(Cn2cc(Br)c([N+](=O)[O-])n2)C(c2ccccc2)C1. The van der Waals surface area contributed by atoms with Gasteiger partial charge in [-0.25, -0.2) is 0 Å². The topological polar surface area (TPSA) is 67.4 Å². The maximum absolute atomic E-state index is 10.9. The number of hydrogen-bond acceptors (Lipinski definition) is 5. The van der Waals surface area contributed by atoms with Crippen molar-refractivity contribution >= 4 is 21.7 Å². The van der Waals surface area contributed by atoms with Crippen LogP contribution in [-0.2, 0) is 6.67 Å². The van der Waals surface area contributed by atoms with Crippen molar-refractivity contribution in [1.82, 2.24) is 19.6 Å². The Kier molecular flexibility index (Phi) is 4.74. The molecule has 0 radical (unpaired) electrons. The molecule has 1 fully saturated rings. The summed E-state index contributed by atoms with van der Waals surface area (Å²) in [4.78, 5) is 15.1. The first-order valence-electron chi connectivity index (χ1n) is 7.39. The number of nitrogens with zero attached hydrogens (tertiary/aromatic N) is 5. The fourth-order valence-electron chi connectivity index (χ4n) is 2.89. The molecule has 0 spiro atoms. The Labute approximate surface area is 142 Å². The highest BCUT2D eigenvalue weighted by Crippen LogP contribution is 2.27. The van der Waals surface area contributed by atoms with Crippen molar-refractivity contribution in [2.45, 2.75) is 12.7 Å². The monoisotopic (exact) mass is 379 g/mol. The van der Waals surface area contributed by atoms with Gasteiger partial charge in [-0.2, -0.15) is 4.68 Å². The molecule has 23 heavy (non-hydrogen) atoms. The van der Waals surface area contributed by atoms with E-state index in [1.54, 1.807) is 10.9 Å². The van der Waals surface area contributed by atoms with Crippen LogP contribution in [0, 0.1) is 10.1 Å². The third kappa shape index (κ3) is 3.60. The van der Waals surface area contributed by atoms with Gasteiger partial charge in [-0.05, 0) is 33.5 Å². The van der Waals surface area contributed by atoms with Gasteiger partial charge in [-0.15, -0.1) is 0 Å². The summed E-state index contributed by atoms with van der Waals surface area (Å²) in [6, 6.07) is 10.6. The van der Waals surface area contributed by atoms with Crippen LogP contribution in [0.4, 0.5) is 5.82 Å². The highest BCUT2D eigenvalue weighted by molar-refractivity contribution is 9.10. The molecule has 8 heteroatoms. The second-order valence-corrected chi connectivity index (χ2v) is 6.59. The molecule has 3 rings (SSSR count). The lowest BCUT2D eigenvalue weighted by molar-refractivity contribution is -0.390.